The van der Waals surface area contributed by atoms with E-state index in [1.54, 1.807) is 0 Å². The van der Waals surface area contributed by atoms with Crippen LogP contribution < -0.4 is 5.32 Å². The fraction of sp³-hybridized carbons (Fsp3) is 0.615. The van der Waals surface area contributed by atoms with E-state index in [-0.39, 0.29) is 0 Å². The number of thiophene rings is 1. The van der Waals surface area contributed by atoms with Gasteiger partial charge in [0.1, 0.15) is 0 Å². The van der Waals surface area contributed by atoms with E-state index in [1.165, 1.54) is 11.3 Å². The quantitative estimate of drug-likeness (QED) is 0.656. The maximum absolute atomic E-state index is 4.34. The molecule has 1 aromatic heterocycles. The third kappa shape index (κ3) is 3.46. The van der Waals surface area contributed by atoms with Crippen LogP contribution in [0.5, 0.6) is 0 Å². The van der Waals surface area contributed by atoms with Gasteiger partial charge in [-0.2, -0.15) is 0 Å². The van der Waals surface area contributed by atoms with Gasteiger partial charge in [-0.05, 0) is 30.2 Å². The molecule has 1 saturated carbocycles. The van der Waals surface area contributed by atoms with Gasteiger partial charge in [-0.3, -0.25) is 4.99 Å². The Morgan fingerprint density at radius 1 is 1.65 bits per heavy atom. The van der Waals surface area contributed by atoms with Gasteiger partial charge in [0.15, 0.2) is 5.96 Å². The van der Waals surface area contributed by atoms with Gasteiger partial charge < -0.3 is 10.2 Å². The lowest BCUT2D eigenvalue weighted by Gasteiger charge is -2.21. The van der Waals surface area contributed by atoms with E-state index in [9.17, 15) is 0 Å². The summed E-state index contributed by atoms with van der Waals surface area (Å²) in [5, 5.41) is 5.63. The highest BCUT2D eigenvalue weighted by Gasteiger charge is 2.33. The Bertz CT molecular complexity index is 372. The Morgan fingerprint density at radius 2 is 2.41 bits per heavy atom. The van der Waals surface area contributed by atoms with Crippen LogP contribution in [0.1, 0.15) is 18.2 Å². The minimum Gasteiger partial charge on any atom is -0.353 e. The SMILES string of the molecule is CN=C(NC1CC1C)N(C)CCc1cccs1. The van der Waals surface area contributed by atoms with Crippen LogP contribution in [0.25, 0.3) is 0 Å². The first kappa shape index (κ1) is 12.4. The smallest absolute Gasteiger partial charge is 0.193 e. The molecule has 0 radical (unpaired) electrons. The molecule has 0 aliphatic heterocycles. The van der Waals surface area contributed by atoms with E-state index in [0.717, 1.165) is 24.8 Å². The van der Waals surface area contributed by atoms with Crippen LogP contribution in [0.4, 0.5) is 0 Å². The van der Waals surface area contributed by atoms with Crippen molar-refractivity contribution in [2.24, 2.45) is 10.9 Å². The van der Waals surface area contributed by atoms with Crippen LogP contribution >= 0.6 is 11.3 Å². The van der Waals surface area contributed by atoms with Gasteiger partial charge >= 0.3 is 0 Å². The summed E-state index contributed by atoms with van der Waals surface area (Å²) in [7, 11) is 3.97. The molecule has 0 spiro atoms. The van der Waals surface area contributed by atoms with E-state index in [4.69, 9.17) is 0 Å². The lowest BCUT2D eigenvalue weighted by Crippen LogP contribution is -2.41. The second-order valence-electron chi connectivity index (χ2n) is 4.76. The second kappa shape index (κ2) is 5.54. The maximum Gasteiger partial charge on any atom is 0.193 e. The first-order valence-electron chi connectivity index (χ1n) is 6.17. The zero-order valence-electron chi connectivity index (χ0n) is 10.8. The standard InChI is InChI=1S/C13H21N3S/c1-10-9-12(10)15-13(14-2)16(3)7-6-11-5-4-8-17-11/h4-5,8,10,12H,6-7,9H2,1-3H3,(H,14,15). The molecular formula is C13H21N3S. The monoisotopic (exact) mass is 251 g/mol. The third-order valence-corrected chi connectivity index (χ3v) is 4.21. The summed E-state index contributed by atoms with van der Waals surface area (Å²) in [6, 6.07) is 4.94. The molecule has 1 aliphatic carbocycles. The van der Waals surface area contributed by atoms with Crippen molar-refractivity contribution < 1.29 is 0 Å². The van der Waals surface area contributed by atoms with Gasteiger partial charge in [0.25, 0.3) is 0 Å². The molecule has 94 valence electrons. The van der Waals surface area contributed by atoms with Gasteiger partial charge in [-0.1, -0.05) is 13.0 Å². The number of rotatable bonds is 4. The molecule has 0 saturated heterocycles. The van der Waals surface area contributed by atoms with E-state index in [1.807, 2.05) is 18.4 Å². The molecule has 1 fully saturated rings. The number of nitrogens with zero attached hydrogens (tertiary/aromatic N) is 2. The molecule has 1 aromatic rings. The Labute approximate surface area is 108 Å². The zero-order chi connectivity index (χ0) is 12.3. The highest BCUT2D eigenvalue weighted by atomic mass is 32.1. The van der Waals surface area contributed by atoms with Gasteiger partial charge in [0.2, 0.25) is 0 Å². The molecule has 3 nitrogen and oxygen atoms in total. The summed E-state index contributed by atoms with van der Waals surface area (Å²) < 4.78 is 0. The molecule has 0 amide bonds. The van der Waals surface area contributed by atoms with Crippen molar-refractivity contribution in [3.05, 3.63) is 22.4 Å². The zero-order valence-corrected chi connectivity index (χ0v) is 11.6. The number of likely N-dealkylation sites (N-methyl/N-ethyl adjacent to an activating group) is 1. The predicted octanol–water partition coefficient (Wildman–Crippen LogP) is 2.21. The van der Waals surface area contributed by atoms with Crippen molar-refractivity contribution in [2.75, 3.05) is 20.6 Å². The molecule has 2 atom stereocenters. The van der Waals surface area contributed by atoms with Crippen molar-refractivity contribution in [2.45, 2.75) is 25.8 Å². The van der Waals surface area contributed by atoms with Crippen LogP contribution in [-0.2, 0) is 6.42 Å². The van der Waals surface area contributed by atoms with Gasteiger partial charge in [0.05, 0.1) is 0 Å². The first-order chi connectivity index (χ1) is 8.20. The Hall–Kier alpha value is -1.03. The molecule has 2 unspecified atom stereocenters. The van der Waals surface area contributed by atoms with Crippen molar-refractivity contribution >= 4 is 17.3 Å². The third-order valence-electron chi connectivity index (χ3n) is 3.27. The van der Waals surface area contributed by atoms with Crippen LogP contribution in [0.2, 0.25) is 0 Å². The normalized spacial score (nSPS) is 23.6. The van der Waals surface area contributed by atoms with Gasteiger partial charge in [-0.25, -0.2) is 0 Å². The summed E-state index contributed by atoms with van der Waals surface area (Å²) in [5.74, 6) is 1.83. The van der Waals surface area contributed by atoms with E-state index >= 15 is 0 Å². The van der Waals surface area contributed by atoms with Crippen molar-refractivity contribution in [3.63, 3.8) is 0 Å². The minimum atomic E-state index is 0.637. The molecule has 2 rings (SSSR count). The van der Waals surface area contributed by atoms with E-state index < -0.39 is 0 Å². The van der Waals surface area contributed by atoms with Crippen molar-refractivity contribution in [1.29, 1.82) is 0 Å². The molecule has 4 heteroatoms. The summed E-state index contributed by atoms with van der Waals surface area (Å²) in [6.45, 7) is 3.29. The largest absolute Gasteiger partial charge is 0.353 e. The Balaban J connectivity index is 1.78. The highest BCUT2D eigenvalue weighted by Crippen LogP contribution is 2.29. The van der Waals surface area contributed by atoms with Crippen LogP contribution in [0.3, 0.4) is 0 Å². The van der Waals surface area contributed by atoms with Gasteiger partial charge in [-0.15, -0.1) is 11.3 Å². The number of hydrogen-bond acceptors (Lipinski definition) is 2. The fourth-order valence-electron chi connectivity index (χ4n) is 1.87. The highest BCUT2D eigenvalue weighted by molar-refractivity contribution is 7.09. The summed E-state index contributed by atoms with van der Waals surface area (Å²) in [4.78, 5) is 7.99. The van der Waals surface area contributed by atoms with Crippen LogP contribution in [0.15, 0.2) is 22.5 Å². The average Bonchev–Trinajstić information content (AvgIpc) is 2.83. The topological polar surface area (TPSA) is 27.6 Å². The number of aliphatic imine (C=N–C) groups is 1. The second-order valence-corrected chi connectivity index (χ2v) is 5.79. The lowest BCUT2D eigenvalue weighted by atomic mass is 10.3. The minimum absolute atomic E-state index is 0.637. The van der Waals surface area contributed by atoms with E-state index in [2.05, 4.69) is 46.7 Å². The maximum atomic E-state index is 4.34. The first-order valence-corrected chi connectivity index (χ1v) is 7.05. The lowest BCUT2D eigenvalue weighted by molar-refractivity contribution is 0.484. The fourth-order valence-corrected chi connectivity index (χ4v) is 2.57. The molecule has 17 heavy (non-hydrogen) atoms. The predicted molar refractivity (Wildman–Crippen MR) is 74.7 cm³/mol. The number of nitrogens with one attached hydrogen (secondary N) is 1. The Kier molecular flexibility index (Phi) is 4.05. The van der Waals surface area contributed by atoms with Crippen LogP contribution in [-0.4, -0.2) is 37.5 Å². The molecule has 0 aromatic carbocycles. The number of guanidine groups is 1. The molecule has 1 aliphatic rings. The summed E-state index contributed by atoms with van der Waals surface area (Å²) in [6.07, 6.45) is 2.37. The van der Waals surface area contributed by atoms with Crippen molar-refractivity contribution in [1.82, 2.24) is 10.2 Å². The summed E-state index contributed by atoms with van der Waals surface area (Å²) in [5.41, 5.74) is 0. The van der Waals surface area contributed by atoms with E-state index in [0.29, 0.717) is 6.04 Å². The molecule has 1 N–H and O–H groups in total. The molecule has 1 heterocycles. The average molecular weight is 251 g/mol. The summed E-state index contributed by atoms with van der Waals surface area (Å²) >= 11 is 1.82. The van der Waals surface area contributed by atoms with Crippen LogP contribution in [0, 0.1) is 5.92 Å². The van der Waals surface area contributed by atoms with Gasteiger partial charge in [0, 0.05) is 31.6 Å². The Morgan fingerprint density at radius 3 is 2.94 bits per heavy atom. The molecular weight excluding hydrogens is 230 g/mol. The van der Waals surface area contributed by atoms with Crippen molar-refractivity contribution in [3.8, 4) is 0 Å². The number of hydrogen-bond donors (Lipinski definition) is 1. The molecule has 0 bridgehead atoms.